The molecule has 0 bridgehead atoms. The van der Waals surface area contributed by atoms with Crippen LogP contribution in [-0.4, -0.2) is 24.2 Å². The van der Waals surface area contributed by atoms with Crippen LogP contribution in [-0.2, 0) is 4.74 Å². The van der Waals surface area contributed by atoms with E-state index in [2.05, 4.69) is 26.2 Å². The molecule has 0 radical (unpaired) electrons. The van der Waals surface area contributed by atoms with E-state index >= 15 is 0 Å². The maximum Gasteiger partial charge on any atom is 0.129 e. The lowest BCUT2D eigenvalue weighted by Crippen LogP contribution is -2.19. The summed E-state index contributed by atoms with van der Waals surface area (Å²) in [6.45, 7) is 1.65. The molecule has 0 aliphatic carbocycles. The summed E-state index contributed by atoms with van der Waals surface area (Å²) in [5.74, 6) is 0. The highest BCUT2D eigenvalue weighted by molar-refractivity contribution is 9.10. The molecule has 1 unspecified atom stereocenters. The minimum Gasteiger partial charge on any atom is -0.379 e. The van der Waals surface area contributed by atoms with Crippen molar-refractivity contribution in [2.24, 2.45) is 0 Å². The van der Waals surface area contributed by atoms with Gasteiger partial charge in [-0.25, -0.2) is 4.98 Å². The molecule has 1 aliphatic rings. The standard InChI is InChI=1S/C9H11BrN2O/c10-9-8(2-1-4-11-9)12-7-3-5-13-6-7/h1-2,4,7,12H,3,5-6H2. The highest BCUT2D eigenvalue weighted by atomic mass is 79.9. The number of halogens is 1. The third-order valence-corrected chi connectivity index (χ3v) is 2.68. The van der Waals surface area contributed by atoms with Gasteiger partial charge in [0.1, 0.15) is 4.60 Å². The number of nitrogens with zero attached hydrogens (tertiary/aromatic N) is 1. The molecule has 2 rings (SSSR count). The highest BCUT2D eigenvalue weighted by Gasteiger charge is 2.15. The van der Waals surface area contributed by atoms with E-state index in [0.29, 0.717) is 6.04 Å². The fraction of sp³-hybridized carbons (Fsp3) is 0.444. The Morgan fingerprint density at radius 3 is 3.23 bits per heavy atom. The zero-order valence-corrected chi connectivity index (χ0v) is 8.75. The zero-order chi connectivity index (χ0) is 9.10. The van der Waals surface area contributed by atoms with Crippen LogP contribution in [0.2, 0.25) is 0 Å². The first-order chi connectivity index (χ1) is 6.36. The Kier molecular flexibility index (Phi) is 2.80. The molecule has 70 valence electrons. The molecule has 0 aromatic carbocycles. The predicted molar refractivity (Wildman–Crippen MR) is 54.8 cm³/mol. The van der Waals surface area contributed by atoms with Crippen molar-refractivity contribution in [3.8, 4) is 0 Å². The van der Waals surface area contributed by atoms with Gasteiger partial charge in [0.25, 0.3) is 0 Å². The van der Waals surface area contributed by atoms with Crippen LogP contribution in [0.5, 0.6) is 0 Å². The minimum absolute atomic E-state index is 0.431. The van der Waals surface area contributed by atoms with Gasteiger partial charge in [0.05, 0.1) is 18.3 Å². The molecule has 0 saturated carbocycles. The van der Waals surface area contributed by atoms with E-state index in [1.54, 1.807) is 6.20 Å². The Morgan fingerprint density at radius 2 is 2.54 bits per heavy atom. The van der Waals surface area contributed by atoms with Crippen LogP contribution in [0.4, 0.5) is 5.69 Å². The summed E-state index contributed by atoms with van der Waals surface area (Å²) < 4.78 is 6.13. The van der Waals surface area contributed by atoms with E-state index in [1.165, 1.54) is 0 Å². The Balaban J connectivity index is 2.04. The largest absolute Gasteiger partial charge is 0.379 e. The van der Waals surface area contributed by atoms with Crippen molar-refractivity contribution in [2.75, 3.05) is 18.5 Å². The maximum atomic E-state index is 5.27. The van der Waals surface area contributed by atoms with Crippen molar-refractivity contribution in [3.05, 3.63) is 22.9 Å². The van der Waals surface area contributed by atoms with E-state index in [4.69, 9.17) is 4.74 Å². The quantitative estimate of drug-likeness (QED) is 0.807. The molecule has 1 fully saturated rings. The van der Waals surface area contributed by atoms with Gasteiger partial charge in [-0.2, -0.15) is 0 Å². The van der Waals surface area contributed by atoms with Crippen LogP contribution < -0.4 is 5.32 Å². The SMILES string of the molecule is Brc1ncccc1NC1CCOC1. The number of ether oxygens (including phenoxy) is 1. The van der Waals surface area contributed by atoms with Gasteiger partial charge in [-0.1, -0.05) is 0 Å². The number of aromatic nitrogens is 1. The first-order valence-corrected chi connectivity index (χ1v) is 5.10. The molecule has 2 heterocycles. The highest BCUT2D eigenvalue weighted by Crippen LogP contribution is 2.21. The molecule has 1 aromatic rings. The second kappa shape index (κ2) is 4.07. The Bertz CT molecular complexity index is 287. The van der Waals surface area contributed by atoms with Crippen molar-refractivity contribution < 1.29 is 4.74 Å². The third-order valence-electron chi connectivity index (χ3n) is 2.05. The number of anilines is 1. The van der Waals surface area contributed by atoms with E-state index in [-0.39, 0.29) is 0 Å². The molecule has 1 N–H and O–H groups in total. The van der Waals surface area contributed by atoms with Crippen molar-refractivity contribution in [1.29, 1.82) is 0 Å². The van der Waals surface area contributed by atoms with Gasteiger partial charge in [-0.15, -0.1) is 0 Å². The molecule has 1 atom stereocenters. The van der Waals surface area contributed by atoms with Gasteiger partial charge < -0.3 is 10.1 Å². The lowest BCUT2D eigenvalue weighted by atomic mass is 10.2. The summed E-state index contributed by atoms with van der Waals surface area (Å²) in [7, 11) is 0. The predicted octanol–water partition coefficient (Wildman–Crippen LogP) is 2.04. The monoisotopic (exact) mass is 242 g/mol. The first-order valence-electron chi connectivity index (χ1n) is 4.31. The number of hydrogen-bond acceptors (Lipinski definition) is 3. The normalized spacial score (nSPS) is 21.8. The van der Waals surface area contributed by atoms with Crippen LogP contribution in [0.15, 0.2) is 22.9 Å². The van der Waals surface area contributed by atoms with Crippen LogP contribution in [0, 0.1) is 0 Å². The van der Waals surface area contributed by atoms with E-state index in [1.807, 2.05) is 12.1 Å². The van der Waals surface area contributed by atoms with Crippen LogP contribution in [0.3, 0.4) is 0 Å². The molecule has 13 heavy (non-hydrogen) atoms. The zero-order valence-electron chi connectivity index (χ0n) is 7.16. The van der Waals surface area contributed by atoms with Crippen LogP contribution in [0.25, 0.3) is 0 Å². The number of nitrogens with one attached hydrogen (secondary N) is 1. The molecule has 0 amide bonds. The van der Waals surface area contributed by atoms with Gasteiger partial charge in [0.2, 0.25) is 0 Å². The molecule has 3 nitrogen and oxygen atoms in total. The van der Waals surface area contributed by atoms with Crippen LogP contribution >= 0.6 is 15.9 Å². The summed E-state index contributed by atoms with van der Waals surface area (Å²) >= 11 is 3.39. The number of rotatable bonds is 2. The maximum absolute atomic E-state index is 5.27. The fourth-order valence-electron chi connectivity index (χ4n) is 1.36. The van der Waals surface area contributed by atoms with E-state index in [0.717, 1.165) is 29.9 Å². The van der Waals surface area contributed by atoms with Crippen LogP contribution in [0.1, 0.15) is 6.42 Å². The molecule has 1 aromatic heterocycles. The lowest BCUT2D eigenvalue weighted by molar-refractivity contribution is 0.195. The van der Waals surface area contributed by atoms with Crippen molar-refractivity contribution in [2.45, 2.75) is 12.5 Å². The molecule has 1 saturated heterocycles. The topological polar surface area (TPSA) is 34.2 Å². The molecular weight excluding hydrogens is 232 g/mol. The van der Waals surface area contributed by atoms with Gasteiger partial charge >= 0.3 is 0 Å². The summed E-state index contributed by atoms with van der Waals surface area (Å²) in [4.78, 5) is 4.13. The van der Waals surface area contributed by atoms with Crippen molar-refractivity contribution in [3.63, 3.8) is 0 Å². The second-order valence-corrected chi connectivity index (χ2v) is 3.80. The van der Waals surface area contributed by atoms with Crippen molar-refractivity contribution >= 4 is 21.6 Å². The van der Waals surface area contributed by atoms with Gasteiger partial charge in [-0.3, -0.25) is 0 Å². The van der Waals surface area contributed by atoms with Crippen molar-refractivity contribution in [1.82, 2.24) is 4.98 Å². The van der Waals surface area contributed by atoms with Gasteiger partial charge in [-0.05, 0) is 34.5 Å². The smallest absolute Gasteiger partial charge is 0.129 e. The first kappa shape index (κ1) is 8.97. The Labute approximate surface area is 85.6 Å². The Hall–Kier alpha value is -0.610. The molecule has 4 heteroatoms. The minimum atomic E-state index is 0.431. The summed E-state index contributed by atoms with van der Waals surface area (Å²) in [5.41, 5.74) is 1.04. The average Bonchev–Trinajstić information content (AvgIpc) is 2.61. The fourth-order valence-corrected chi connectivity index (χ4v) is 1.73. The van der Waals surface area contributed by atoms with E-state index in [9.17, 15) is 0 Å². The number of pyridine rings is 1. The summed E-state index contributed by atoms with van der Waals surface area (Å²) in [5, 5.41) is 3.37. The number of hydrogen-bond donors (Lipinski definition) is 1. The Morgan fingerprint density at radius 1 is 1.62 bits per heavy atom. The third kappa shape index (κ3) is 2.19. The lowest BCUT2D eigenvalue weighted by Gasteiger charge is -2.12. The average molecular weight is 243 g/mol. The molecule has 0 spiro atoms. The van der Waals surface area contributed by atoms with E-state index < -0.39 is 0 Å². The molecule has 1 aliphatic heterocycles. The summed E-state index contributed by atoms with van der Waals surface area (Å²) in [6.07, 6.45) is 2.84. The second-order valence-electron chi connectivity index (χ2n) is 3.05. The van der Waals surface area contributed by atoms with Gasteiger partial charge in [0, 0.05) is 12.8 Å². The van der Waals surface area contributed by atoms with Gasteiger partial charge in [0.15, 0.2) is 0 Å². The molecular formula is C9H11BrN2O. The summed E-state index contributed by atoms with van der Waals surface area (Å²) in [6, 6.07) is 4.36.